The van der Waals surface area contributed by atoms with E-state index in [2.05, 4.69) is 4.72 Å². The molecule has 0 spiro atoms. The van der Waals surface area contributed by atoms with E-state index in [1.807, 2.05) is 20.1 Å². The van der Waals surface area contributed by atoms with Crippen LogP contribution < -0.4 is 4.72 Å². The van der Waals surface area contributed by atoms with Crippen molar-refractivity contribution in [3.63, 3.8) is 0 Å². The first-order valence-corrected chi connectivity index (χ1v) is 8.27. The molecular formula is C12H17NO4S2. The molecular weight excluding hydrogens is 286 g/mol. The zero-order valence-corrected chi connectivity index (χ0v) is 12.6. The molecule has 2 N–H and O–H groups in total. The van der Waals surface area contributed by atoms with Crippen LogP contribution in [0.2, 0.25) is 0 Å². The van der Waals surface area contributed by atoms with Crippen LogP contribution in [-0.2, 0) is 10.0 Å². The Hall–Kier alpha value is -1.05. The third-order valence-corrected chi connectivity index (χ3v) is 5.32. The Labute approximate surface area is 117 Å². The highest BCUT2D eigenvalue weighted by molar-refractivity contribution is 8.00. The number of rotatable bonds is 6. The molecule has 7 heteroatoms. The third kappa shape index (κ3) is 4.52. The summed E-state index contributed by atoms with van der Waals surface area (Å²) in [5.41, 5.74) is 0.0587. The molecule has 0 aliphatic rings. The molecule has 1 aromatic carbocycles. The first-order valence-electron chi connectivity index (χ1n) is 5.56. The maximum Gasteiger partial charge on any atom is 0.335 e. The largest absolute Gasteiger partial charge is 0.478 e. The fourth-order valence-electron chi connectivity index (χ4n) is 1.20. The Bertz CT molecular complexity index is 550. The van der Waals surface area contributed by atoms with Gasteiger partial charge in [0.15, 0.2) is 0 Å². The molecule has 1 rings (SSSR count). The van der Waals surface area contributed by atoms with E-state index in [-0.39, 0.29) is 15.2 Å². The fraction of sp³-hybridized carbons (Fsp3) is 0.417. The number of carboxylic acids is 1. The van der Waals surface area contributed by atoms with Crippen LogP contribution in [0.5, 0.6) is 0 Å². The number of thioether (sulfide) groups is 1. The summed E-state index contributed by atoms with van der Waals surface area (Å²) in [4.78, 5) is 10.8. The molecule has 0 radical (unpaired) electrons. The van der Waals surface area contributed by atoms with Gasteiger partial charge in [0.25, 0.3) is 0 Å². The summed E-state index contributed by atoms with van der Waals surface area (Å²) in [5.74, 6) is -1.08. The summed E-state index contributed by atoms with van der Waals surface area (Å²) in [6.45, 7) is 4.18. The first kappa shape index (κ1) is 16.0. The van der Waals surface area contributed by atoms with Crippen LogP contribution >= 0.6 is 11.8 Å². The van der Waals surface area contributed by atoms with Gasteiger partial charge in [-0.1, -0.05) is 0 Å². The van der Waals surface area contributed by atoms with Crippen molar-refractivity contribution >= 4 is 27.8 Å². The Morgan fingerprint density at radius 1 is 1.32 bits per heavy atom. The van der Waals surface area contributed by atoms with Gasteiger partial charge in [-0.05, 0) is 44.4 Å². The van der Waals surface area contributed by atoms with Crippen LogP contribution in [0.1, 0.15) is 24.2 Å². The number of sulfonamides is 1. The van der Waals surface area contributed by atoms with E-state index < -0.39 is 16.0 Å². The highest BCUT2D eigenvalue weighted by Gasteiger charge is 2.21. The van der Waals surface area contributed by atoms with Crippen molar-refractivity contribution in [1.29, 1.82) is 0 Å². The summed E-state index contributed by atoms with van der Waals surface area (Å²) < 4.78 is 26.3. The lowest BCUT2D eigenvalue weighted by Crippen LogP contribution is -2.36. The second kappa shape index (κ2) is 5.94. The lowest BCUT2D eigenvalue weighted by molar-refractivity contribution is 0.0696. The van der Waals surface area contributed by atoms with Gasteiger partial charge >= 0.3 is 5.97 Å². The molecule has 1 aromatic rings. The number of nitrogens with one attached hydrogen (secondary N) is 1. The number of carboxylic acid groups (broad SMARTS) is 1. The molecule has 0 saturated carbocycles. The topological polar surface area (TPSA) is 83.5 Å². The number of aromatic carboxylic acids is 1. The maximum atomic E-state index is 12.0. The van der Waals surface area contributed by atoms with E-state index in [0.29, 0.717) is 6.54 Å². The van der Waals surface area contributed by atoms with Gasteiger partial charge in [-0.3, -0.25) is 0 Å². The fourth-order valence-corrected chi connectivity index (χ4v) is 2.72. The van der Waals surface area contributed by atoms with Gasteiger partial charge < -0.3 is 5.11 Å². The van der Waals surface area contributed by atoms with E-state index in [1.165, 1.54) is 24.3 Å². The van der Waals surface area contributed by atoms with Crippen molar-refractivity contribution in [3.05, 3.63) is 29.8 Å². The molecule has 0 aliphatic carbocycles. The minimum Gasteiger partial charge on any atom is -0.478 e. The standard InChI is InChI=1S/C12H17NO4S2/c1-12(2,18-3)8-13-19(16,17)10-6-4-9(5-7-10)11(14)15/h4-7,13H,8H2,1-3H3,(H,14,15). The van der Waals surface area contributed by atoms with Gasteiger partial charge in [0.1, 0.15) is 0 Å². The van der Waals surface area contributed by atoms with Crippen LogP contribution in [0, 0.1) is 0 Å². The second-order valence-corrected chi connectivity index (χ2v) is 7.90. The Kier molecular flexibility index (Phi) is 5.00. The molecule has 0 heterocycles. The van der Waals surface area contributed by atoms with Crippen molar-refractivity contribution in [2.75, 3.05) is 12.8 Å². The monoisotopic (exact) mass is 303 g/mol. The van der Waals surface area contributed by atoms with Crippen molar-refractivity contribution < 1.29 is 18.3 Å². The van der Waals surface area contributed by atoms with Gasteiger partial charge in [0.2, 0.25) is 10.0 Å². The zero-order valence-electron chi connectivity index (χ0n) is 11.0. The highest BCUT2D eigenvalue weighted by atomic mass is 32.2. The number of carbonyl (C=O) groups is 1. The van der Waals surface area contributed by atoms with Gasteiger partial charge in [-0.15, -0.1) is 0 Å². The van der Waals surface area contributed by atoms with Crippen molar-refractivity contribution in [1.82, 2.24) is 4.72 Å². The summed E-state index contributed by atoms with van der Waals surface area (Å²) in [7, 11) is -3.60. The van der Waals surface area contributed by atoms with E-state index in [1.54, 1.807) is 11.8 Å². The molecule has 5 nitrogen and oxygen atoms in total. The molecule has 0 bridgehead atoms. The predicted molar refractivity (Wildman–Crippen MR) is 76.2 cm³/mol. The summed E-state index contributed by atoms with van der Waals surface area (Å²) >= 11 is 1.56. The molecule has 0 unspecified atom stereocenters. The molecule has 106 valence electrons. The number of hydrogen-bond acceptors (Lipinski definition) is 4. The van der Waals surface area contributed by atoms with E-state index in [9.17, 15) is 13.2 Å². The Morgan fingerprint density at radius 2 is 1.84 bits per heavy atom. The van der Waals surface area contributed by atoms with Crippen LogP contribution in [0.4, 0.5) is 0 Å². The minimum absolute atomic E-state index is 0.0587. The SMILES string of the molecule is CSC(C)(C)CNS(=O)(=O)c1ccc(C(=O)O)cc1. The first-order chi connectivity index (χ1) is 8.68. The molecule has 0 amide bonds. The molecule has 0 aliphatic heterocycles. The molecule has 0 saturated heterocycles. The van der Waals surface area contributed by atoms with Gasteiger partial charge in [0, 0.05) is 11.3 Å². The summed E-state index contributed by atoms with van der Waals surface area (Å²) in [5, 5.41) is 8.75. The Balaban J connectivity index is 2.86. The van der Waals surface area contributed by atoms with E-state index in [0.717, 1.165) is 0 Å². The lowest BCUT2D eigenvalue weighted by atomic mass is 10.2. The van der Waals surface area contributed by atoms with Crippen LogP contribution in [0.25, 0.3) is 0 Å². The average Bonchev–Trinajstić information content (AvgIpc) is 2.37. The third-order valence-electron chi connectivity index (χ3n) is 2.65. The molecule has 0 fully saturated rings. The highest BCUT2D eigenvalue weighted by Crippen LogP contribution is 2.20. The van der Waals surface area contributed by atoms with Crippen LogP contribution in [-0.4, -0.2) is 37.0 Å². The van der Waals surface area contributed by atoms with E-state index in [4.69, 9.17) is 5.11 Å². The minimum atomic E-state index is -3.60. The molecule has 0 atom stereocenters. The normalized spacial score (nSPS) is 12.4. The lowest BCUT2D eigenvalue weighted by Gasteiger charge is -2.22. The predicted octanol–water partition coefficient (Wildman–Crippen LogP) is 1.80. The average molecular weight is 303 g/mol. The van der Waals surface area contributed by atoms with Crippen molar-refractivity contribution in [3.8, 4) is 0 Å². The van der Waals surface area contributed by atoms with Crippen molar-refractivity contribution in [2.24, 2.45) is 0 Å². The quantitative estimate of drug-likeness (QED) is 0.837. The summed E-state index contributed by atoms with van der Waals surface area (Å²) in [6.07, 6.45) is 1.91. The van der Waals surface area contributed by atoms with E-state index >= 15 is 0 Å². The van der Waals surface area contributed by atoms with Crippen molar-refractivity contribution in [2.45, 2.75) is 23.5 Å². The Morgan fingerprint density at radius 3 is 2.26 bits per heavy atom. The van der Waals surface area contributed by atoms with Gasteiger partial charge in [0.05, 0.1) is 10.5 Å². The maximum absolute atomic E-state index is 12.0. The smallest absolute Gasteiger partial charge is 0.335 e. The summed E-state index contributed by atoms with van der Waals surface area (Å²) in [6, 6.07) is 5.13. The number of benzene rings is 1. The van der Waals surface area contributed by atoms with Gasteiger partial charge in [-0.25, -0.2) is 17.9 Å². The zero-order chi connectivity index (χ0) is 14.7. The van der Waals surface area contributed by atoms with Gasteiger partial charge in [-0.2, -0.15) is 11.8 Å². The second-order valence-electron chi connectivity index (χ2n) is 4.62. The number of hydrogen-bond donors (Lipinski definition) is 2. The molecule has 0 aromatic heterocycles. The molecule has 19 heavy (non-hydrogen) atoms. The van der Waals surface area contributed by atoms with Crippen LogP contribution in [0.15, 0.2) is 29.2 Å². The van der Waals surface area contributed by atoms with Crippen LogP contribution in [0.3, 0.4) is 0 Å².